The van der Waals surface area contributed by atoms with Crippen LogP contribution >= 0.6 is 12.2 Å². The Kier molecular flexibility index (Phi) is 6.72. The average Bonchev–Trinajstić information content (AvgIpc) is 2.24. The number of carbonyl (C=O) groups excluding carboxylic acids is 1. The van der Waals surface area contributed by atoms with Crippen molar-refractivity contribution in [3.63, 3.8) is 0 Å². The van der Waals surface area contributed by atoms with Crippen LogP contribution in [0.4, 0.5) is 0 Å². The summed E-state index contributed by atoms with van der Waals surface area (Å²) in [6, 6.07) is -0.920. The number of hydrogen-bond donors (Lipinski definition) is 2. The van der Waals surface area contributed by atoms with Crippen molar-refractivity contribution in [3.05, 3.63) is 0 Å². The summed E-state index contributed by atoms with van der Waals surface area (Å²) in [5.74, 6) is -0.487. The average molecular weight is 296 g/mol. The Hall–Kier alpha value is -0.730. The lowest BCUT2D eigenvalue weighted by Crippen LogP contribution is -2.48. The molecular formula is C10H20N2O4S2. The normalized spacial score (nSPS) is 15.2. The van der Waals surface area contributed by atoms with Gasteiger partial charge >= 0.3 is 5.97 Å². The predicted molar refractivity (Wildman–Crippen MR) is 73.6 cm³/mol. The van der Waals surface area contributed by atoms with Gasteiger partial charge in [-0.15, -0.1) is 0 Å². The molecule has 0 aromatic rings. The smallest absolute Gasteiger partial charge is 0.323 e. The van der Waals surface area contributed by atoms with Crippen LogP contribution in [-0.2, 0) is 19.6 Å². The number of hydrogen-bond acceptors (Lipinski definition) is 5. The lowest BCUT2D eigenvalue weighted by atomic mass is 10.1. The van der Waals surface area contributed by atoms with E-state index in [1.807, 2.05) is 13.8 Å². The van der Waals surface area contributed by atoms with Gasteiger partial charge in [0.2, 0.25) is 10.0 Å². The van der Waals surface area contributed by atoms with Crippen molar-refractivity contribution < 1.29 is 17.9 Å². The summed E-state index contributed by atoms with van der Waals surface area (Å²) in [5, 5.41) is -1.04. The maximum Gasteiger partial charge on any atom is 0.323 e. The molecule has 0 saturated carbocycles. The molecule has 106 valence electrons. The molecule has 0 aliphatic heterocycles. The van der Waals surface area contributed by atoms with E-state index in [0.717, 1.165) is 0 Å². The van der Waals surface area contributed by atoms with Crippen LogP contribution in [0.25, 0.3) is 0 Å². The second-order valence-corrected chi connectivity index (χ2v) is 6.92. The van der Waals surface area contributed by atoms with Crippen molar-refractivity contribution in [2.24, 2.45) is 11.7 Å². The molecule has 0 aliphatic rings. The molecule has 0 aromatic carbocycles. The summed E-state index contributed by atoms with van der Waals surface area (Å²) in [4.78, 5) is 11.4. The van der Waals surface area contributed by atoms with Gasteiger partial charge in [0.25, 0.3) is 0 Å². The Bertz CT molecular complexity index is 406. The van der Waals surface area contributed by atoms with Gasteiger partial charge in [-0.25, -0.2) is 13.1 Å². The van der Waals surface area contributed by atoms with Crippen LogP contribution in [0.15, 0.2) is 0 Å². The molecule has 0 fully saturated rings. The van der Waals surface area contributed by atoms with E-state index < -0.39 is 27.3 Å². The van der Waals surface area contributed by atoms with Crippen LogP contribution in [0.5, 0.6) is 0 Å². The molecule has 0 rings (SSSR count). The maximum atomic E-state index is 11.9. The summed E-state index contributed by atoms with van der Waals surface area (Å²) in [5.41, 5.74) is 5.30. The molecular weight excluding hydrogens is 276 g/mol. The lowest BCUT2D eigenvalue weighted by Gasteiger charge is -2.20. The monoisotopic (exact) mass is 296 g/mol. The summed E-state index contributed by atoms with van der Waals surface area (Å²) < 4.78 is 30.7. The zero-order valence-electron chi connectivity index (χ0n) is 11.0. The highest BCUT2D eigenvalue weighted by atomic mass is 32.2. The molecule has 6 nitrogen and oxygen atoms in total. The van der Waals surface area contributed by atoms with Crippen LogP contribution in [0, 0.1) is 5.92 Å². The standard InChI is InChI=1S/C10H20N2O4S2/c1-6(2)5-8(10(13)16-4)12-18(14,15)7(3)9(11)17/h6-8,12H,5H2,1-4H3,(H2,11,17). The second kappa shape index (κ2) is 7.01. The van der Waals surface area contributed by atoms with E-state index in [2.05, 4.69) is 21.7 Å². The number of nitrogens with one attached hydrogen (secondary N) is 1. The third-order valence-corrected chi connectivity index (χ3v) is 4.67. The summed E-state index contributed by atoms with van der Waals surface area (Å²) in [6.45, 7) is 5.12. The Balaban J connectivity index is 4.98. The van der Waals surface area contributed by atoms with Crippen LogP contribution in [-0.4, -0.2) is 37.8 Å². The van der Waals surface area contributed by atoms with Crippen molar-refractivity contribution in [2.75, 3.05) is 7.11 Å². The van der Waals surface area contributed by atoms with E-state index in [9.17, 15) is 13.2 Å². The van der Waals surface area contributed by atoms with Gasteiger partial charge in [0.1, 0.15) is 11.3 Å². The van der Waals surface area contributed by atoms with Gasteiger partial charge in [-0.2, -0.15) is 0 Å². The van der Waals surface area contributed by atoms with E-state index in [4.69, 9.17) is 5.73 Å². The number of thiocarbonyl (C=S) groups is 1. The third-order valence-electron chi connectivity index (χ3n) is 2.37. The molecule has 0 spiro atoms. The number of rotatable bonds is 7. The van der Waals surface area contributed by atoms with E-state index in [-0.39, 0.29) is 10.9 Å². The van der Waals surface area contributed by atoms with Gasteiger partial charge in [-0.3, -0.25) is 4.79 Å². The van der Waals surface area contributed by atoms with E-state index in [0.29, 0.717) is 6.42 Å². The van der Waals surface area contributed by atoms with Crippen LogP contribution in [0.3, 0.4) is 0 Å². The molecule has 0 heterocycles. The van der Waals surface area contributed by atoms with Gasteiger partial charge in [-0.05, 0) is 19.3 Å². The molecule has 2 atom stereocenters. The molecule has 0 aromatic heterocycles. The number of methoxy groups -OCH3 is 1. The fourth-order valence-electron chi connectivity index (χ4n) is 1.26. The predicted octanol–water partition coefficient (Wildman–Crippen LogP) is 0.168. The second-order valence-electron chi connectivity index (χ2n) is 4.41. The lowest BCUT2D eigenvalue weighted by molar-refractivity contribution is -0.143. The van der Waals surface area contributed by atoms with Gasteiger partial charge in [0.05, 0.1) is 12.1 Å². The number of ether oxygens (including phenoxy) is 1. The van der Waals surface area contributed by atoms with Crippen LogP contribution in [0.2, 0.25) is 0 Å². The fourth-order valence-corrected chi connectivity index (χ4v) is 2.74. The van der Waals surface area contributed by atoms with Crippen molar-refractivity contribution in [1.29, 1.82) is 0 Å². The van der Waals surface area contributed by atoms with Gasteiger partial charge in [0, 0.05) is 0 Å². The van der Waals surface area contributed by atoms with E-state index in [1.165, 1.54) is 14.0 Å². The van der Waals surface area contributed by atoms with Crippen LogP contribution < -0.4 is 10.5 Å². The molecule has 18 heavy (non-hydrogen) atoms. The first kappa shape index (κ1) is 17.3. The minimum atomic E-state index is -3.78. The van der Waals surface area contributed by atoms with Gasteiger partial charge in [-0.1, -0.05) is 26.1 Å². The van der Waals surface area contributed by atoms with Crippen molar-refractivity contribution >= 4 is 33.2 Å². The van der Waals surface area contributed by atoms with Crippen LogP contribution in [0.1, 0.15) is 27.2 Å². The summed E-state index contributed by atoms with van der Waals surface area (Å²) in [6.07, 6.45) is 0.343. The topological polar surface area (TPSA) is 98.5 Å². The zero-order chi connectivity index (χ0) is 14.5. The summed E-state index contributed by atoms with van der Waals surface area (Å²) in [7, 11) is -2.57. The van der Waals surface area contributed by atoms with Crippen molar-refractivity contribution in [2.45, 2.75) is 38.5 Å². The highest BCUT2D eigenvalue weighted by Gasteiger charge is 2.30. The first-order valence-corrected chi connectivity index (χ1v) is 7.45. The SMILES string of the molecule is COC(=O)C(CC(C)C)NS(=O)(=O)C(C)C(N)=S. The number of sulfonamides is 1. The molecule has 2 unspecified atom stereocenters. The maximum absolute atomic E-state index is 11.9. The Labute approximate surface area is 113 Å². The number of esters is 1. The Morgan fingerprint density at radius 3 is 2.22 bits per heavy atom. The molecule has 0 bridgehead atoms. The van der Waals surface area contributed by atoms with E-state index in [1.54, 1.807) is 0 Å². The first-order chi connectivity index (χ1) is 8.11. The van der Waals surface area contributed by atoms with Crippen molar-refractivity contribution in [1.82, 2.24) is 4.72 Å². The zero-order valence-corrected chi connectivity index (χ0v) is 12.6. The van der Waals surface area contributed by atoms with Gasteiger partial charge in [0.15, 0.2) is 0 Å². The minimum absolute atomic E-state index is 0.136. The highest BCUT2D eigenvalue weighted by molar-refractivity contribution is 7.93. The van der Waals surface area contributed by atoms with Crippen molar-refractivity contribution in [3.8, 4) is 0 Å². The molecule has 0 radical (unpaired) electrons. The van der Waals surface area contributed by atoms with E-state index >= 15 is 0 Å². The highest BCUT2D eigenvalue weighted by Crippen LogP contribution is 2.09. The largest absolute Gasteiger partial charge is 0.468 e. The first-order valence-electron chi connectivity index (χ1n) is 5.50. The third kappa shape index (κ3) is 5.28. The summed E-state index contributed by atoms with van der Waals surface area (Å²) >= 11 is 4.64. The molecule has 0 amide bonds. The fraction of sp³-hybridized carbons (Fsp3) is 0.800. The van der Waals surface area contributed by atoms with Gasteiger partial charge < -0.3 is 10.5 Å². The molecule has 0 saturated heterocycles. The Morgan fingerprint density at radius 1 is 1.39 bits per heavy atom. The Morgan fingerprint density at radius 2 is 1.89 bits per heavy atom. The molecule has 8 heteroatoms. The quantitative estimate of drug-likeness (QED) is 0.513. The number of carbonyl (C=O) groups is 1. The minimum Gasteiger partial charge on any atom is -0.468 e. The molecule has 3 N–H and O–H groups in total. The number of nitrogens with two attached hydrogens (primary N) is 1. The molecule has 0 aliphatic carbocycles.